The van der Waals surface area contributed by atoms with Gasteiger partial charge in [-0.15, -0.1) is 0 Å². The average Bonchev–Trinajstić information content (AvgIpc) is 3.04. The number of sulfonamides is 1. The quantitative estimate of drug-likeness (QED) is 0.609. The highest BCUT2D eigenvalue weighted by atomic mass is 32.2. The van der Waals surface area contributed by atoms with E-state index in [1.807, 2.05) is 24.3 Å². The summed E-state index contributed by atoms with van der Waals surface area (Å²) in [5, 5.41) is 3.50. The van der Waals surface area contributed by atoms with Gasteiger partial charge in [0.1, 0.15) is 4.90 Å². The summed E-state index contributed by atoms with van der Waals surface area (Å²) < 4.78 is 27.2. The zero-order chi connectivity index (χ0) is 21.4. The molecule has 1 amide bonds. The van der Waals surface area contributed by atoms with E-state index in [4.69, 9.17) is 0 Å². The van der Waals surface area contributed by atoms with Crippen molar-refractivity contribution >= 4 is 33.4 Å². The van der Waals surface area contributed by atoms with E-state index in [0.29, 0.717) is 18.1 Å². The Kier molecular flexibility index (Phi) is 8.30. The summed E-state index contributed by atoms with van der Waals surface area (Å²) in [6.07, 6.45) is 7.46. The van der Waals surface area contributed by atoms with E-state index in [2.05, 4.69) is 17.2 Å². The number of aryl methyl sites for hydroxylation is 1. The molecule has 30 heavy (non-hydrogen) atoms. The molecule has 0 bridgehead atoms. The molecule has 2 aromatic rings. The third-order valence-electron chi connectivity index (χ3n) is 5.04. The van der Waals surface area contributed by atoms with Crippen molar-refractivity contribution in [2.75, 3.05) is 24.2 Å². The Morgan fingerprint density at radius 2 is 1.77 bits per heavy atom. The second kappa shape index (κ2) is 10.9. The molecule has 3 rings (SSSR count). The van der Waals surface area contributed by atoms with Crippen molar-refractivity contribution in [3.8, 4) is 0 Å². The molecule has 0 radical (unpaired) electrons. The molecule has 1 aromatic heterocycles. The highest BCUT2D eigenvalue weighted by Crippen LogP contribution is 2.22. The van der Waals surface area contributed by atoms with E-state index >= 15 is 0 Å². The lowest BCUT2D eigenvalue weighted by Gasteiger charge is -2.19. The van der Waals surface area contributed by atoms with Gasteiger partial charge < -0.3 is 5.32 Å². The molecule has 162 valence electrons. The smallest absolute Gasteiger partial charge is 0.244 e. The zero-order valence-electron chi connectivity index (χ0n) is 17.3. The number of carbonyl (C=O) groups is 1. The second-order valence-electron chi connectivity index (χ2n) is 7.43. The van der Waals surface area contributed by atoms with Gasteiger partial charge in [-0.2, -0.15) is 4.31 Å². The van der Waals surface area contributed by atoms with Gasteiger partial charge in [-0.1, -0.05) is 50.1 Å². The maximum atomic E-state index is 12.8. The van der Waals surface area contributed by atoms with Gasteiger partial charge in [0.2, 0.25) is 15.9 Å². The van der Waals surface area contributed by atoms with Crippen molar-refractivity contribution in [3.63, 3.8) is 0 Å². The number of aromatic nitrogens is 1. The first kappa shape index (κ1) is 22.8. The van der Waals surface area contributed by atoms with Crippen molar-refractivity contribution in [2.45, 2.75) is 55.4 Å². The number of pyridine rings is 1. The van der Waals surface area contributed by atoms with E-state index < -0.39 is 10.0 Å². The number of nitrogens with one attached hydrogen (secondary N) is 1. The molecule has 1 fully saturated rings. The molecule has 0 saturated carbocycles. The van der Waals surface area contributed by atoms with Crippen LogP contribution < -0.4 is 5.32 Å². The van der Waals surface area contributed by atoms with Gasteiger partial charge in [-0.25, -0.2) is 13.4 Å². The standard InChI is InChI=1S/C22H29N3O3S2/c1-2-7-18-8-10-19(11-9-18)24-21(26)17-29-22-13-12-20(16-23-22)30(27,28)25-14-5-3-4-6-15-25/h8-13,16H,2-7,14-15,17H2,1H3,(H,24,26). The van der Waals surface area contributed by atoms with Gasteiger partial charge in [0.25, 0.3) is 0 Å². The lowest BCUT2D eigenvalue weighted by Crippen LogP contribution is -2.32. The highest BCUT2D eigenvalue weighted by molar-refractivity contribution is 7.99. The number of nitrogens with zero attached hydrogens (tertiary/aromatic N) is 2. The average molecular weight is 448 g/mol. The summed E-state index contributed by atoms with van der Waals surface area (Å²) in [6.45, 7) is 3.27. The van der Waals surface area contributed by atoms with Crippen LogP contribution in [0.5, 0.6) is 0 Å². The van der Waals surface area contributed by atoms with Crippen LogP contribution in [0.4, 0.5) is 5.69 Å². The van der Waals surface area contributed by atoms with Crippen LogP contribution in [-0.4, -0.2) is 42.5 Å². The van der Waals surface area contributed by atoms with Crippen LogP contribution >= 0.6 is 11.8 Å². The fourth-order valence-corrected chi connectivity index (χ4v) is 5.52. The number of hydrogen-bond donors (Lipinski definition) is 1. The Morgan fingerprint density at radius 3 is 2.37 bits per heavy atom. The number of rotatable bonds is 8. The largest absolute Gasteiger partial charge is 0.325 e. The maximum absolute atomic E-state index is 12.8. The van der Waals surface area contributed by atoms with Crippen LogP contribution in [0.15, 0.2) is 52.5 Å². The Morgan fingerprint density at radius 1 is 1.07 bits per heavy atom. The van der Waals surface area contributed by atoms with Crippen LogP contribution in [0.3, 0.4) is 0 Å². The van der Waals surface area contributed by atoms with Crippen molar-refractivity contribution in [3.05, 3.63) is 48.2 Å². The molecule has 0 aliphatic carbocycles. The number of carbonyl (C=O) groups excluding carboxylic acids is 1. The first-order valence-corrected chi connectivity index (χ1v) is 12.9. The van der Waals surface area contributed by atoms with Crippen molar-refractivity contribution in [1.82, 2.24) is 9.29 Å². The molecule has 0 atom stereocenters. The van der Waals surface area contributed by atoms with Crippen LogP contribution in [0, 0.1) is 0 Å². The summed E-state index contributed by atoms with van der Waals surface area (Å²) in [4.78, 5) is 16.7. The van der Waals surface area contributed by atoms with Gasteiger partial charge in [-0.3, -0.25) is 4.79 Å². The monoisotopic (exact) mass is 447 g/mol. The van der Waals surface area contributed by atoms with Gasteiger partial charge in [-0.05, 0) is 49.1 Å². The van der Waals surface area contributed by atoms with Crippen LogP contribution in [-0.2, 0) is 21.2 Å². The number of amides is 1. The molecule has 0 unspecified atom stereocenters. The third-order valence-corrected chi connectivity index (χ3v) is 7.87. The number of thioether (sulfide) groups is 1. The second-order valence-corrected chi connectivity index (χ2v) is 10.4. The van der Waals surface area contributed by atoms with Crippen molar-refractivity contribution < 1.29 is 13.2 Å². The summed E-state index contributed by atoms with van der Waals surface area (Å²) in [5.41, 5.74) is 2.02. The summed E-state index contributed by atoms with van der Waals surface area (Å²) >= 11 is 1.29. The minimum atomic E-state index is -3.50. The molecule has 0 spiro atoms. The summed E-state index contributed by atoms with van der Waals surface area (Å²) in [5.74, 6) is 0.0911. The van der Waals surface area contributed by atoms with E-state index in [-0.39, 0.29) is 16.6 Å². The van der Waals surface area contributed by atoms with Crippen molar-refractivity contribution in [2.24, 2.45) is 0 Å². The molecular weight excluding hydrogens is 418 g/mol. The van der Waals surface area contributed by atoms with Gasteiger partial charge >= 0.3 is 0 Å². The predicted molar refractivity (Wildman–Crippen MR) is 121 cm³/mol. The fourth-order valence-electron chi connectivity index (χ4n) is 3.42. The SMILES string of the molecule is CCCc1ccc(NC(=O)CSc2ccc(S(=O)(=O)N3CCCCCC3)cn2)cc1. The Labute approximate surface area is 183 Å². The Balaban J connectivity index is 1.53. The van der Waals surface area contributed by atoms with Crippen LogP contribution in [0.1, 0.15) is 44.6 Å². The molecular formula is C22H29N3O3S2. The first-order valence-electron chi connectivity index (χ1n) is 10.5. The van der Waals surface area contributed by atoms with Gasteiger partial charge in [0.05, 0.1) is 10.8 Å². The predicted octanol–water partition coefficient (Wildman–Crippen LogP) is 4.33. The minimum Gasteiger partial charge on any atom is -0.325 e. The van der Waals surface area contributed by atoms with E-state index in [1.54, 1.807) is 16.4 Å². The Bertz CT molecular complexity index is 921. The van der Waals surface area contributed by atoms with Crippen LogP contribution in [0.25, 0.3) is 0 Å². The zero-order valence-corrected chi connectivity index (χ0v) is 19.0. The minimum absolute atomic E-state index is 0.119. The first-order chi connectivity index (χ1) is 14.5. The number of anilines is 1. The lowest BCUT2D eigenvalue weighted by molar-refractivity contribution is -0.113. The Hall–Kier alpha value is -1.90. The molecule has 1 aliphatic rings. The molecule has 1 aromatic carbocycles. The van der Waals surface area contributed by atoms with E-state index in [0.717, 1.165) is 44.2 Å². The number of hydrogen-bond acceptors (Lipinski definition) is 5. The molecule has 6 nitrogen and oxygen atoms in total. The summed E-state index contributed by atoms with van der Waals surface area (Å²) in [6, 6.07) is 11.1. The molecule has 1 saturated heterocycles. The summed E-state index contributed by atoms with van der Waals surface area (Å²) in [7, 11) is -3.50. The molecule has 8 heteroatoms. The fraction of sp³-hybridized carbons (Fsp3) is 0.455. The van der Waals surface area contributed by atoms with Crippen LogP contribution in [0.2, 0.25) is 0 Å². The normalized spacial score (nSPS) is 15.5. The van der Waals surface area contributed by atoms with E-state index in [1.165, 1.54) is 23.5 Å². The van der Waals surface area contributed by atoms with Gasteiger partial charge in [0, 0.05) is 25.0 Å². The number of benzene rings is 1. The lowest BCUT2D eigenvalue weighted by atomic mass is 10.1. The maximum Gasteiger partial charge on any atom is 0.244 e. The van der Waals surface area contributed by atoms with Gasteiger partial charge in [0.15, 0.2) is 0 Å². The topological polar surface area (TPSA) is 79.4 Å². The van der Waals surface area contributed by atoms with E-state index in [9.17, 15) is 13.2 Å². The third kappa shape index (κ3) is 6.30. The highest BCUT2D eigenvalue weighted by Gasteiger charge is 2.25. The van der Waals surface area contributed by atoms with Crippen molar-refractivity contribution in [1.29, 1.82) is 0 Å². The molecule has 1 N–H and O–H groups in total. The molecule has 2 heterocycles. The molecule has 1 aliphatic heterocycles.